The van der Waals surface area contributed by atoms with Gasteiger partial charge in [0, 0.05) is 23.7 Å². The highest BCUT2D eigenvalue weighted by molar-refractivity contribution is 5.85. The first-order chi connectivity index (χ1) is 9.79. The van der Waals surface area contributed by atoms with Gasteiger partial charge in [0.05, 0.1) is 5.52 Å². The molecule has 2 N–H and O–H groups in total. The molecule has 100 valence electrons. The fraction of sp³-hybridized carbons (Fsp3) is 0.0625. The molecule has 4 heteroatoms. The van der Waals surface area contributed by atoms with Gasteiger partial charge >= 0.3 is 0 Å². The fourth-order valence-electron chi connectivity index (χ4n) is 2.12. The van der Waals surface area contributed by atoms with Gasteiger partial charge in [-0.15, -0.1) is 0 Å². The van der Waals surface area contributed by atoms with Crippen molar-refractivity contribution >= 4 is 10.9 Å². The quantitative estimate of drug-likeness (QED) is 0.789. The number of nitrogens with zero attached hydrogens (tertiary/aromatic N) is 1. The Labute approximate surface area is 115 Å². The topological polar surface area (TPSA) is 48.1 Å². The summed E-state index contributed by atoms with van der Waals surface area (Å²) in [5.41, 5.74) is 6.78. The Balaban J connectivity index is 2.08. The molecular weight excluding hydrogens is 255 g/mol. The van der Waals surface area contributed by atoms with E-state index in [9.17, 15) is 4.39 Å². The van der Waals surface area contributed by atoms with Crippen molar-refractivity contribution in [3.63, 3.8) is 0 Å². The minimum absolute atomic E-state index is 0.0883. The van der Waals surface area contributed by atoms with Crippen molar-refractivity contribution < 1.29 is 9.13 Å². The van der Waals surface area contributed by atoms with Crippen LogP contribution in [0.3, 0.4) is 0 Å². The smallest absolute Gasteiger partial charge is 0.136 e. The normalized spacial score (nSPS) is 10.7. The standard InChI is InChI=1S/C16H13FN2O/c17-13-5-1-7-16(12(13)10-18)20-15-8-2-6-14-11(15)4-3-9-19-14/h1-9H,10,18H2. The highest BCUT2D eigenvalue weighted by Crippen LogP contribution is 2.31. The molecule has 0 amide bonds. The van der Waals surface area contributed by atoms with Crippen molar-refractivity contribution in [2.24, 2.45) is 5.73 Å². The highest BCUT2D eigenvalue weighted by atomic mass is 19.1. The van der Waals surface area contributed by atoms with Crippen LogP contribution in [0.5, 0.6) is 11.5 Å². The summed E-state index contributed by atoms with van der Waals surface area (Å²) in [5.74, 6) is 0.711. The van der Waals surface area contributed by atoms with E-state index >= 15 is 0 Å². The van der Waals surface area contributed by atoms with Crippen LogP contribution in [0.25, 0.3) is 10.9 Å². The van der Waals surface area contributed by atoms with Gasteiger partial charge in [0.15, 0.2) is 0 Å². The molecule has 0 unspecified atom stereocenters. The molecule has 2 aromatic carbocycles. The lowest BCUT2D eigenvalue weighted by Gasteiger charge is -2.12. The SMILES string of the molecule is NCc1c(F)cccc1Oc1cccc2ncccc12. The molecule has 3 rings (SSSR count). The van der Waals surface area contributed by atoms with Crippen LogP contribution in [-0.2, 0) is 6.54 Å². The molecule has 0 saturated heterocycles. The summed E-state index contributed by atoms with van der Waals surface area (Å²) < 4.78 is 19.5. The minimum atomic E-state index is -0.358. The molecule has 3 nitrogen and oxygen atoms in total. The van der Waals surface area contributed by atoms with Gasteiger partial charge < -0.3 is 10.5 Å². The molecule has 3 aromatic rings. The third-order valence-corrected chi connectivity index (χ3v) is 3.11. The van der Waals surface area contributed by atoms with Crippen molar-refractivity contribution in [2.45, 2.75) is 6.54 Å². The maximum atomic E-state index is 13.7. The van der Waals surface area contributed by atoms with E-state index in [0.29, 0.717) is 17.1 Å². The van der Waals surface area contributed by atoms with Gasteiger partial charge in [-0.05, 0) is 36.4 Å². The van der Waals surface area contributed by atoms with E-state index in [-0.39, 0.29) is 12.4 Å². The second kappa shape index (κ2) is 5.27. The number of rotatable bonds is 3. The Bertz CT molecular complexity index is 753. The summed E-state index contributed by atoms with van der Waals surface area (Å²) in [6.45, 7) is 0.0883. The highest BCUT2D eigenvalue weighted by Gasteiger charge is 2.10. The van der Waals surface area contributed by atoms with E-state index in [1.54, 1.807) is 18.3 Å². The molecule has 1 heterocycles. The van der Waals surface area contributed by atoms with E-state index in [2.05, 4.69) is 4.98 Å². The summed E-state index contributed by atoms with van der Waals surface area (Å²) >= 11 is 0. The number of hydrogen-bond acceptors (Lipinski definition) is 3. The van der Waals surface area contributed by atoms with E-state index in [1.165, 1.54) is 6.07 Å². The molecule has 0 aliphatic carbocycles. The molecule has 0 atom stereocenters. The van der Waals surface area contributed by atoms with Crippen molar-refractivity contribution in [1.82, 2.24) is 4.98 Å². The molecule has 1 aromatic heterocycles. The maximum absolute atomic E-state index is 13.7. The average molecular weight is 268 g/mol. The van der Waals surface area contributed by atoms with E-state index in [1.807, 2.05) is 30.3 Å². The van der Waals surface area contributed by atoms with Gasteiger partial charge in [-0.25, -0.2) is 4.39 Å². The van der Waals surface area contributed by atoms with Gasteiger partial charge in [0.1, 0.15) is 17.3 Å². The van der Waals surface area contributed by atoms with Gasteiger partial charge in [-0.2, -0.15) is 0 Å². The number of nitrogens with two attached hydrogens (primary N) is 1. The molecule has 0 aliphatic heterocycles. The second-order valence-electron chi connectivity index (χ2n) is 4.35. The lowest BCUT2D eigenvalue weighted by molar-refractivity contribution is 0.472. The number of aromatic nitrogens is 1. The summed E-state index contributed by atoms with van der Waals surface area (Å²) in [7, 11) is 0. The zero-order valence-corrected chi connectivity index (χ0v) is 10.7. The van der Waals surface area contributed by atoms with Crippen LogP contribution in [-0.4, -0.2) is 4.98 Å². The van der Waals surface area contributed by atoms with Crippen LogP contribution < -0.4 is 10.5 Å². The van der Waals surface area contributed by atoms with Crippen molar-refractivity contribution in [1.29, 1.82) is 0 Å². The Morgan fingerprint density at radius 1 is 1.00 bits per heavy atom. The van der Waals surface area contributed by atoms with Crippen molar-refractivity contribution in [3.8, 4) is 11.5 Å². The fourth-order valence-corrected chi connectivity index (χ4v) is 2.12. The largest absolute Gasteiger partial charge is 0.456 e. The van der Waals surface area contributed by atoms with Gasteiger partial charge in [0.2, 0.25) is 0 Å². The van der Waals surface area contributed by atoms with Crippen LogP contribution >= 0.6 is 0 Å². The number of halogens is 1. The Kier molecular flexibility index (Phi) is 3.31. The van der Waals surface area contributed by atoms with Crippen LogP contribution in [0, 0.1) is 5.82 Å². The number of ether oxygens (including phenoxy) is 1. The van der Waals surface area contributed by atoms with E-state index in [4.69, 9.17) is 10.5 Å². The summed E-state index contributed by atoms with van der Waals surface area (Å²) in [5, 5.41) is 0.877. The van der Waals surface area contributed by atoms with Gasteiger partial charge in [-0.3, -0.25) is 4.98 Å². The Morgan fingerprint density at radius 3 is 2.65 bits per heavy atom. The van der Waals surface area contributed by atoms with Gasteiger partial charge in [0.25, 0.3) is 0 Å². The van der Waals surface area contributed by atoms with Crippen LogP contribution in [0.4, 0.5) is 4.39 Å². The molecule has 0 aliphatic rings. The predicted octanol–water partition coefficient (Wildman–Crippen LogP) is 3.62. The zero-order valence-electron chi connectivity index (χ0n) is 10.7. The first-order valence-electron chi connectivity index (χ1n) is 6.28. The molecule has 0 radical (unpaired) electrons. The van der Waals surface area contributed by atoms with Crippen LogP contribution in [0.2, 0.25) is 0 Å². The second-order valence-corrected chi connectivity index (χ2v) is 4.35. The number of benzene rings is 2. The zero-order chi connectivity index (χ0) is 13.9. The lowest BCUT2D eigenvalue weighted by Crippen LogP contribution is -2.02. The van der Waals surface area contributed by atoms with Crippen LogP contribution in [0.1, 0.15) is 5.56 Å². The molecule has 0 fully saturated rings. The number of pyridine rings is 1. The third-order valence-electron chi connectivity index (χ3n) is 3.11. The number of hydrogen-bond donors (Lipinski definition) is 1. The van der Waals surface area contributed by atoms with E-state index < -0.39 is 0 Å². The van der Waals surface area contributed by atoms with Gasteiger partial charge in [-0.1, -0.05) is 12.1 Å². The lowest BCUT2D eigenvalue weighted by atomic mass is 10.1. The monoisotopic (exact) mass is 268 g/mol. The van der Waals surface area contributed by atoms with E-state index in [0.717, 1.165) is 10.9 Å². The van der Waals surface area contributed by atoms with Crippen molar-refractivity contribution in [2.75, 3.05) is 0 Å². The summed E-state index contributed by atoms with van der Waals surface area (Å²) in [6, 6.07) is 14.0. The first kappa shape index (κ1) is 12.6. The van der Waals surface area contributed by atoms with Crippen LogP contribution in [0.15, 0.2) is 54.7 Å². The summed E-state index contributed by atoms with van der Waals surface area (Å²) in [6.07, 6.45) is 1.72. The molecule has 0 spiro atoms. The molecule has 0 bridgehead atoms. The predicted molar refractivity (Wildman–Crippen MR) is 76.1 cm³/mol. The third kappa shape index (κ3) is 2.21. The van der Waals surface area contributed by atoms with Crippen molar-refractivity contribution in [3.05, 3.63) is 66.1 Å². The summed E-state index contributed by atoms with van der Waals surface area (Å²) in [4.78, 5) is 4.26. The first-order valence-corrected chi connectivity index (χ1v) is 6.28. The molecular formula is C16H13FN2O. The Hall–Kier alpha value is -2.46. The average Bonchev–Trinajstić information content (AvgIpc) is 2.48. The molecule has 0 saturated carbocycles. The molecule has 20 heavy (non-hydrogen) atoms. The number of fused-ring (bicyclic) bond motifs is 1. The maximum Gasteiger partial charge on any atom is 0.136 e. The Morgan fingerprint density at radius 2 is 1.80 bits per heavy atom. The minimum Gasteiger partial charge on any atom is -0.456 e.